The van der Waals surface area contributed by atoms with E-state index in [0.29, 0.717) is 32.1 Å². The highest BCUT2D eigenvalue weighted by atomic mass is 32.2. The van der Waals surface area contributed by atoms with E-state index in [9.17, 15) is 19.7 Å². The van der Waals surface area contributed by atoms with Gasteiger partial charge in [-0.1, -0.05) is 12.1 Å². The van der Waals surface area contributed by atoms with Crippen LogP contribution in [0.5, 0.6) is 0 Å². The van der Waals surface area contributed by atoms with Crippen molar-refractivity contribution in [3.63, 3.8) is 0 Å². The van der Waals surface area contributed by atoms with E-state index in [0.717, 1.165) is 5.56 Å². The molecule has 0 aromatic heterocycles. The normalized spacial score (nSPS) is 14.6. The maximum Gasteiger partial charge on any atom is 0.318 e. The number of nitrogens with one attached hydrogen (secondary N) is 2. The number of hydrogen-bond donors (Lipinski definition) is 2. The summed E-state index contributed by atoms with van der Waals surface area (Å²) in [5.41, 5.74) is 0.747. The average molecular weight is 407 g/mol. The Balaban J connectivity index is 1.94. The Morgan fingerprint density at radius 2 is 2.14 bits per heavy atom. The highest BCUT2D eigenvalue weighted by molar-refractivity contribution is 7.98. The second-order valence-corrected chi connectivity index (χ2v) is 6.95. The number of nitriles is 1. The summed E-state index contributed by atoms with van der Waals surface area (Å²) in [7, 11) is 0. The molecular formula is C17H21N5O5S. The number of carbonyl (C=O) groups is 2. The van der Waals surface area contributed by atoms with Gasteiger partial charge < -0.3 is 20.3 Å². The van der Waals surface area contributed by atoms with Crippen LogP contribution in [0.25, 0.3) is 0 Å². The van der Waals surface area contributed by atoms with E-state index < -0.39 is 16.9 Å². The van der Waals surface area contributed by atoms with E-state index >= 15 is 0 Å². The summed E-state index contributed by atoms with van der Waals surface area (Å²) in [6.07, 6.45) is 0. The number of ether oxygens (including phenoxy) is 1. The summed E-state index contributed by atoms with van der Waals surface area (Å²) >= 11 is 1.36. The molecule has 1 heterocycles. The Bertz CT molecular complexity index is 748. The fraction of sp³-hybridized carbons (Fsp3) is 0.471. The molecule has 0 radical (unpaired) electrons. The van der Waals surface area contributed by atoms with Crippen LogP contribution in [0.15, 0.2) is 24.3 Å². The Kier molecular flexibility index (Phi) is 8.51. The van der Waals surface area contributed by atoms with Crippen molar-refractivity contribution in [1.82, 2.24) is 15.5 Å². The molecule has 2 N–H and O–H groups in total. The molecule has 1 atom stereocenters. The van der Waals surface area contributed by atoms with Gasteiger partial charge >= 0.3 is 6.03 Å². The predicted molar refractivity (Wildman–Crippen MR) is 103 cm³/mol. The zero-order valence-corrected chi connectivity index (χ0v) is 15.9. The van der Waals surface area contributed by atoms with Crippen LogP contribution in [0.4, 0.5) is 10.5 Å². The average Bonchev–Trinajstić information content (AvgIpc) is 2.72. The molecule has 1 aromatic rings. The van der Waals surface area contributed by atoms with Crippen molar-refractivity contribution in [2.24, 2.45) is 0 Å². The molecule has 150 valence electrons. The van der Waals surface area contributed by atoms with E-state index in [4.69, 9.17) is 10.00 Å². The summed E-state index contributed by atoms with van der Waals surface area (Å²) in [4.78, 5) is 36.6. The monoisotopic (exact) mass is 407 g/mol. The molecule has 0 saturated carbocycles. The first-order chi connectivity index (χ1) is 13.5. The maximum atomic E-state index is 12.4. The van der Waals surface area contributed by atoms with Gasteiger partial charge in [-0.2, -0.15) is 17.0 Å². The summed E-state index contributed by atoms with van der Waals surface area (Å²) in [6, 6.07) is 6.89. The van der Waals surface area contributed by atoms with Gasteiger partial charge in [-0.3, -0.25) is 14.9 Å². The largest absolute Gasteiger partial charge is 0.378 e. The summed E-state index contributed by atoms with van der Waals surface area (Å²) in [5.74, 6) is 0.252. The predicted octanol–water partition coefficient (Wildman–Crippen LogP) is 0.878. The number of hydrogen-bond acceptors (Lipinski definition) is 7. The quantitative estimate of drug-likeness (QED) is 0.371. The first-order valence-corrected chi connectivity index (χ1v) is 9.75. The second kappa shape index (κ2) is 11.1. The van der Waals surface area contributed by atoms with Gasteiger partial charge in [0.1, 0.15) is 12.6 Å². The lowest BCUT2D eigenvalue weighted by molar-refractivity contribution is -0.384. The number of rotatable bonds is 8. The molecule has 10 nitrogen and oxygen atoms in total. The third-order valence-corrected chi connectivity index (χ3v) is 5.04. The first kappa shape index (κ1) is 21.5. The van der Waals surface area contributed by atoms with Crippen molar-refractivity contribution in [3.8, 4) is 6.07 Å². The number of non-ortho nitro benzene ring substituents is 1. The molecule has 1 fully saturated rings. The van der Waals surface area contributed by atoms with Crippen molar-refractivity contribution >= 4 is 29.4 Å². The number of morpholine rings is 1. The highest BCUT2D eigenvalue weighted by Gasteiger charge is 2.24. The number of carbonyl (C=O) groups excluding carboxylic acids is 2. The molecule has 0 bridgehead atoms. The summed E-state index contributed by atoms with van der Waals surface area (Å²) in [5, 5.41) is 24.6. The fourth-order valence-electron chi connectivity index (χ4n) is 2.49. The standard InChI is InChI=1S/C17H21N5O5S/c18-4-5-19-16(23)15(20-17(24)21-6-8-27-9-7-21)12-28-11-13-2-1-3-14(10-13)22(25)26/h1-3,10,15H,5-9,11-12H2,(H,19,23)(H,20,24)/t15-/m0/s1. The molecule has 1 saturated heterocycles. The Labute approximate surface area is 166 Å². The summed E-state index contributed by atoms with van der Waals surface area (Å²) < 4.78 is 5.21. The fourth-order valence-corrected chi connectivity index (χ4v) is 3.50. The number of thioether (sulfide) groups is 1. The number of nitrogens with zero attached hydrogens (tertiary/aromatic N) is 3. The number of amides is 3. The van der Waals surface area contributed by atoms with Gasteiger partial charge in [0, 0.05) is 36.7 Å². The summed E-state index contributed by atoms with van der Waals surface area (Å²) in [6.45, 7) is 1.62. The van der Waals surface area contributed by atoms with E-state index in [2.05, 4.69) is 10.6 Å². The van der Waals surface area contributed by atoms with Gasteiger partial charge in [0.25, 0.3) is 5.69 Å². The molecular weight excluding hydrogens is 386 g/mol. The molecule has 2 rings (SSSR count). The minimum Gasteiger partial charge on any atom is -0.378 e. The van der Waals surface area contributed by atoms with E-state index in [1.54, 1.807) is 17.0 Å². The molecule has 3 amide bonds. The maximum absolute atomic E-state index is 12.4. The van der Waals surface area contributed by atoms with Crippen LogP contribution in [-0.4, -0.2) is 66.4 Å². The van der Waals surface area contributed by atoms with Crippen LogP contribution in [0.1, 0.15) is 5.56 Å². The van der Waals surface area contributed by atoms with Crippen LogP contribution in [0.3, 0.4) is 0 Å². The smallest absolute Gasteiger partial charge is 0.318 e. The third kappa shape index (κ3) is 6.71. The van der Waals surface area contributed by atoms with Crippen LogP contribution in [0.2, 0.25) is 0 Å². The van der Waals surface area contributed by atoms with Gasteiger partial charge in [0.2, 0.25) is 5.91 Å². The van der Waals surface area contributed by atoms with E-state index in [1.165, 1.54) is 23.9 Å². The minimum absolute atomic E-state index is 0.00188. The molecule has 1 aliphatic rings. The lowest BCUT2D eigenvalue weighted by Gasteiger charge is -2.29. The molecule has 1 aromatic carbocycles. The molecule has 1 aliphatic heterocycles. The second-order valence-electron chi connectivity index (χ2n) is 5.92. The first-order valence-electron chi connectivity index (χ1n) is 8.60. The zero-order valence-electron chi connectivity index (χ0n) is 15.1. The third-order valence-electron chi connectivity index (χ3n) is 3.93. The minimum atomic E-state index is -0.826. The van der Waals surface area contributed by atoms with Crippen molar-refractivity contribution in [3.05, 3.63) is 39.9 Å². The SMILES string of the molecule is N#CCNC(=O)[C@H](CSCc1cccc([N+](=O)[O-])c1)NC(=O)N1CCOCC1. The molecule has 28 heavy (non-hydrogen) atoms. The van der Waals surface area contributed by atoms with Crippen LogP contribution in [-0.2, 0) is 15.3 Å². The van der Waals surface area contributed by atoms with Crippen LogP contribution < -0.4 is 10.6 Å². The van der Waals surface area contributed by atoms with Gasteiger partial charge in [-0.05, 0) is 5.56 Å². The van der Waals surface area contributed by atoms with Gasteiger partial charge in [-0.25, -0.2) is 4.79 Å². The number of benzene rings is 1. The number of nitro groups is 1. The van der Waals surface area contributed by atoms with Crippen molar-refractivity contribution < 1.29 is 19.2 Å². The van der Waals surface area contributed by atoms with Gasteiger partial charge in [0.05, 0.1) is 24.2 Å². The van der Waals surface area contributed by atoms with Gasteiger partial charge in [0.15, 0.2) is 0 Å². The van der Waals surface area contributed by atoms with Crippen molar-refractivity contribution in [1.29, 1.82) is 5.26 Å². The van der Waals surface area contributed by atoms with Crippen LogP contribution >= 0.6 is 11.8 Å². The molecule has 11 heteroatoms. The number of urea groups is 1. The Morgan fingerprint density at radius 3 is 2.82 bits per heavy atom. The zero-order chi connectivity index (χ0) is 20.4. The van der Waals surface area contributed by atoms with E-state index in [1.807, 2.05) is 6.07 Å². The van der Waals surface area contributed by atoms with Crippen LogP contribution in [0, 0.1) is 21.4 Å². The van der Waals surface area contributed by atoms with Gasteiger partial charge in [-0.15, -0.1) is 0 Å². The van der Waals surface area contributed by atoms with E-state index in [-0.39, 0.29) is 24.0 Å². The number of nitro benzene ring substituents is 1. The molecule has 0 unspecified atom stereocenters. The molecule has 0 spiro atoms. The topological polar surface area (TPSA) is 138 Å². The Hall–Kier alpha value is -2.84. The lowest BCUT2D eigenvalue weighted by Crippen LogP contribution is -2.54. The van der Waals surface area contributed by atoms with Crippen molar-refractivity contribution in [2.45, 2.75) is 11.8 Å². The highest BCUT2D eigenvalue weighted by Crippen LogP contribution is 2.18. The molecule has 0 aliphatic carbocycles. The Morgan fingerprint density at radius 1 is 1.39 bits per heavy atom. The van der Waals surface area contributed by atoms with Crippen molar-refractivity contribution in [2.75, 3.05) is 38.6 Å². The lowest BCUT2D eigenvalue weighted by atomic mass is 10.2.